The number of aryl methyl sites for hydroxylation is 1. The van der Waals surface area contributed by atoms with Gasteiger partial charge in [-0.2, -0.15) is 0 Å². The van der Waals surface area contributed by atoms with Crippen LogP contribution in [0.1, 0.15) is 40.9 Å². The monoisotopic (exact) mass is 470 g/mol. The number of ether oxygens (including phenoxy) is 2. The fourth-order valence-corrected chi connectivity index (χ4v) is 4.10. The van der Waals surface area contributed by atoms with Crippen molar-refractivity contribution in [2.24, 2.45) is 0 Å². The molecule has 0 spiro atoms. The number of para-hydroxylation sites is 2. The van der Waals surface area contributed by atoms with Crippen LogP contribution in [0.25, 0.3) is 11.3 Å². The van der Waals surface area contributed by atoms with E-state index in [1.54, 1.807) is 25.5 Å². The molecule has 1 aliphatic heterocycles. The van der Waals surface area contributed by atoms with Crippen LogP contribution in [0.3, 0.4) is 0 Å². The van der Waals surface area contributed by atoms with Crippen molar-refractivity contribution in [2.75, 3.05) is 13.2 Å². The van der Waals surface area contributed by atoms with Gasteiger partial charge >= 0.3 is 0 Å². The molecule has 0 aliphatic carbocycles. The van der Waals surface area contributed by atoms with Crippen molar-refractivity contribution in [2.45, 2.75) is 32.7 Å². The lowest BCUT2D eigenvalue weighted by molar-refractivity contribution is 0.0737. The second-order valence-corrected chi connectivity index (χ2v) is 8.35. The molecule has 35 heavy (non-hydrogen) atoms. The third-order valence-corrected chi connectivity index (χ3v) is 5.91. The van der Waals surface area contributed by atoms with E-state index in [0.717, 1.165) is 30.4 Å². The van der Waals surface area contributed by atoms with E-state index in [1.807, 2.05) is 53.4 Å². The van der Waals surface area contributed by atoms with E-state index in [1.165, 1.54) is 0 Å². The minimum atomic E-state index is -0.142. The SMILES string of the molecule is Cc1onc(-c2ccncc2)c1C(=O)N1CCCCCOc2ccccc2Oc2ncccc2C1. The number of benzene rings is 1. The number of fused-ring (bicyclic) bond motifs is 2. The van der Waals surface area contributed by atoms with Crippen molar-refractivity contribution in [3.8, 4) is 28.6 Å². The molecule has 0 bridgehead atoms. The Balaban J connectivity index is 1.50. The Morgan fingerprint density at radius 3 is 2.63 bits per heavy atom. The molecule has 0 atom stereocenters. The number of hydrogen-bond donors (Lipinski definition) is 0. The van der Waals surface area contributed by atoms with Crippen LogP contribution in [-0.4, -0.2) is 39.1 Å². The summed E-state index contributed by atoms with van der Waals surface area (Å²) < 4.78 is 17.6. The van der Waals surface area contributed by atoms with Gasteiger partial charge in [0.1, 0.15) is 17.0 Å². The third-order valence-electron chi connectivity index (χ3n) is 5.91. The van der Waals surface area contributed by atoms with Gasteiger partial charge in [-0.15, -0.1) is 0 Å². The molecule has 8 nitrogen and oxygen atoms in total. The van der Waals surface area contributed by atoms with Gasteiger partial charge in [0.25, 0.3) is 5.91 Å². The number of aromatic nitrogens is 3. The molecule has 4 aromatic rings. The highest BCUT2D eigenvalue weighted by atomic mass is 16.5. The second kappa shape index (κ2) is 10.4. The smallest absolute Gasteiger partial charge is 0.260 e. The van der Waals surface area contributed by atoms with Crippen molar-refractivity contribution < 1.29 is 18.8 Å². The van der Waals surface area contributed by atoms with E-state index in [-0.39, 0.29) is 5.91 Å². The van der Waals surface area contributed by atoms with E-state index >= 15 is 0 Å². The van der Waals surface area contributed by atoms with Gasteiger partial charge in [0, 0.05) is 36.3 Å². The number of hydrogen-bond acceptors (Lipinski definition) is 7. The number of amides is 1. The van der Waals surface area contributed by atoms with Gasteiger partial charge in [0.05, 0.1) is 13.2 Å². The molecule has 0 fully saturated rings. The first-order valence-corrected chi connectivity index (χ1v) is 11.7. The summed E-state index contributed by atoms with van der Waals surface area (Å²) in [5.74, 6) is 2.06. The summed E-state index contributed by atoms with van der Waals surface area (Å²) in [6.45, 7) is 3.24. The fourth-order valence-electron chi connectivity index (χ4n) is 4.10. The van der Waals surface area contributed by atoms with E-state index in [9.17, 15) is 4.79 Å². The first kappa shape index (κ1) is 22.6. The van der Waals surface area contributed by atoms with E-state index in [2.05, 4.69) is 15.1 Å². The van der Waals surface area contributed by atoms with Gasteiger partial charge < -0.3 is 18.9 Å². The van der Waals surface area contributed by atoms with Crippen LogP contribution >= 0.6 is 0 Å². The average Bonchev–Trinajstić information content (AvgIpc) is 3.28. The molecule has 5 rings (SSSR count). The minimum absolute atomic E-state index is 0.142. The zero-order chi connectivity index (χ0) is 24.0. The van der Waals surface area contributed by atoms with Gasteiger partial charge in [-0.25, -0.2) is 4.98 Å². The van der Waals surface area contributed by atoms with Crippen molar-refractivity contribution in [3.63, 3.8) is 0 Å². The van der Waals surface area contributed by atoms with Crippen molar-refractivity contribution in [1.29, 1.82) is 0 Å². The van der Waals surface area contributed by atoms with Crippen LogP contribution in [0, 0.1) is 6.92 Å². The van der Waals surface area contributed by atoms with E-state index in [0.29, 0.717) is 54.1 Å². The molecule has 3 aromatic heterocycles. The highest BCUT2D eigenvalue weighted by Gasteiger charge is 2.27. The Labute approximate surface area is 203 Å². The minimum Gasteiger partial charge on any atom is -0.490 e. The molecule has 1 aromatic carbocycles. The molecule has 0 unspecified atom stereocenters. The number of carbonyl (C=O) groups is 1. The van der Waals surface area contributed by atoms with Crippen LogP contribution < -0.4 is 9.47 Å². The van der Waals surface area contributed by atoms with Crippen LogP contribution in [0.5, 0.6) is 17.4 Å². The average molecular weight is 471 g/mol. The zero-order valence-corrected chi connectivity index (χ0v) is 19.5. The van der Waals surface area contributed by atoms with Gasteiger partial charge in [-0.05, 0) is 56.5 Å². The first-order valence-electron chi connectivity index (χ1n) is 11.7. The number of rotatable bonds is 2. The van der Waals surface area contributed by atoms with Gasteiger partial charge in [0.15, 0.2) is 11.5 Å². The lowest BCUT2D eigenvalue weighted by Gasteiger charge is -2.23. The predicted molar refractivity (Wildman–Crippen MR) is 129 cm³/mol. The maximum Gasteiger partial charge on any atom is 0.260 e. The molecule has 0 radical (unpaired) electrons. The van der Waals surface area contributed by atoms with Crippen molar-refractivity contribution >= 4 is 5.91 Å². The largest absolute Gasteiger partial charge is 0.490 e. The Morgan fingerprint density at radius 1 is 0.943 bits per heavy atom. The Morgan fingerprint density at radius 2 is 1.77 bits per heavy atom. The number of pyridine rings is 2. The summed E-state index contributed by atoms with van der Waals surface area (Å²) in [5, 5.41) is 4.18. The highest BCUT2D eigenvalue weighted by Crippen LogP contribution is 2.33. The number of carbonyl (C=O) groups excluding carboxylic acids is 1. The van der Waals surface area contributed by atoms with Crippen molar-refractivity contribution in [1.82, 2.24) is 20.0 Å². The maximum absolute atomic E-state index is 13.9. The summed E-state index contributed by atoms with van der Waals surface area (Å²) in [6.07, 6.45) is 7.65. The van der Waals surface area contributed by atoms with E-state index in [4.69, 9.17) is 14.0 Å². The molecule has 0 N–H and O–H groups in total. The quantitative estimate of drug-likeness (QED) is 0.385. The molecule has 1 amide bonds. The maximum atomic E-state index is 13.9. The predicted octanol–water partition coefficient (Wildman–Crippen LogP) is 5.44. The normalized spacial score (nSPS) is 14.3. The summed E-state index contributed by atoms with van der Waals surface area (Å²) in [5.41, 5.74) is 2.56. The van der Waals surface area contributed by atoms with Gasteiger partial charge in [-0.1, -0.05) is 23.4 Å². The third kappa shape index (κ3) is 5.01. The van der Waals surface area contributed by atoms with Crippen LogP contribution in [0.4, 0.5) is 0 Å². The standard InChI is InChI=1S/C27H26N4O4/c1-19-24(25(30-35-19)20-11-14-28-15-12-20)27(32)31-16-5-2-6-17-33-22-9-3-4-10-23(22)34-26-21(18-31)8-7-13-29-26/h3-4,7-15H,2,5-6,16-18H2,1H3. The second-order valence-electron chi connectivity index (χ2n) is 8.35. The topological polar surface area (TPSA) is 90.6 Å². The Hall–Kier alpha value is -4.20. The van der Waals surface area contributed by atoms with Gasteiger partial charge in [-0.3, -0.25) is 9.78 Å². The molecule has 178 valence electrons. The summed E-state index contributed by atoms with van der Waals surface area (Å²) in [6, 6.07) is 15.0. The molecule has 4 heterocycles. The Kier molecular flexibility index (Phi) is 6.70. The lowest BCUT2D eigenvalue weighted by Crippen LogP contribution is -2.32. The zero-order valence-electron chi connectivity index (χ0n) is 19.5. The fraction of sp³-hybridized carbons (Fsp3) is 0.259. The number of nitrogens with zero attached hydrogens (tertiary/aromatic N) is 4. The molecular weight excluding hydrogens is 444 g/mol. The van der Waals surface area contributed by atoms with Crippen LogP contribution in [-0.2, 0) is 6.54 Å². The van der Waals surface area contributed by atoms with Crippen LogP contribution in [0.15, 0.2) is 71.6 Å². The van der Waals surface area contributed by atoms with Crippen LogP contribution in [0.2, 0.25) is 0 Å². The molecule has 0 saturated heterocycles. The Bertz CT molecular complexity index is 1310. The van der Waals surface area contributed by atoms with Crippen molar-refractivity contribution in [3.05, 3.63) is 84.0 Å². The molecule has 8 heteroatoms. The summed E-state index contributed by atoms with van der Waals surface area (Å²) in [4.78, 5) is 24.2. The van der Waals surface area contributed by atoms with Gasteiger partial charge in [0.2, 0.25) is 5.88 Å². The molecule has 1 aliphatic rings. The lowest BCUT2D eigenvalue weighted by atomic mass is 10.1. The molecule has 0 saturated carbocycles. The highest BCUT2D eigenvalue weighted by molar-refractivity contribution is 6.00. The van der Waals surface area contributed by atoms with E-state index < -0.39 is 0 Å². The molecular formula is C27H26N4O4. The summed E-state index contributed by atoms with van der Waals surface area (Å²) in [7, 11) is 0. The first-order chi connectivity index (χ1) is 17.2. The summed E-state index contributed by atoms with van der Waals surface area (Å²) >= 11 is 0.